The molecule has 0 saturated heterocycles. The van der Waals surface area contributed by atoms with Gasteiger partial charge in [0, 0.05) is 16.1 Å². The molecule has 0 aliphatic rings. The van der Waals surface area contributed by atoms with Crippen LogP contribution >= 0.6 is 50.1 Å². The third-order valence-electron chi connectivity index (χ3n) is 2.49. The molecular formula is C12H10BrClFIN2O2Si. The van der Waals surface area contributed by atoms with Crippen molar-refractivity contribution in [2.45, 2.75) is 17.7 Å². The zero-order valence-electron chi connectivity index (χ0n) is 10.7. The first-order valence-electron chi connectivity index (χ1n) is 5.88. The Morgan fingerprint density at radius 3 is 2.95 bits per heavy atom. The van der Waals surface area contributed by atoms with Gasteiger partial charge in [-0.15, -0.1) is 21.8 Å². The van der Waals surface area contributed by atoms with Crippen molar-refractivity contribution in [2.75, 3.05) is 5.88 Å². The Bertz CT molecular complexity index is 591. The molecule has 2 radical (unpaired) electrons. The summed E-state index contributed by atoms with van der Waals surface area (Å²) in [5.41, 5.74) is 0.881. The molecule has 0 amide bonds. The van der Waals surface area contributed by atoms with Crippen molar-refractivity contribution in [3.8, 4) is 5.88 Å². The normalized spacial score (nSPS) is 12.4. The minimum atomic E-state index is -1.13. The SMILES string of the molecule is FC(CCl)[Si]c1c(OCc2ccco2)nnc(I)c1CBr. The van der Waals surface area contributed by atoms with E-state index in [1.54, 1.807) is 18.4 Å². The number of halogens is 4. The monoisotopic (exact) mass is 502 g/mol. The van der Waals surface area contributed by atoms with E-state index in [4.69, 9.17) is 20.8 Å². The number of furan rings is 1. The second-order valence-electron chi connectivity index (χ2n) is 3.92. The van der Waals surface area contributed by atoms with Crippen LogP contribution in [0.1, 0.15) is 11.3 Å². The van der Waals surface area contributed by atoms with Gasteiger partial charge in [0.2, 0.25) is 5.88 Å². The van der Waals surface area contributed by atoms with Crippen molar-refractivity contribution in [1.29, 1.82) is 0 Å². The summed E-state index contributed by atoms with van der Waals surface area (Å²) < 4.78 is 25.3. The van der Waals surface area contributed by atoms with Crippen LogP contribution in [0.4, 0.5) is 4.39 Å². The summed E-state index contributed by atoms with van der Waals surface area (Å²) in [6, 6.07) is 3.57. The molecule has 0 spiro atoms. The number of alkyl halides is 3. The fraction of sp³-hybridized carbons (Fsp3) is 0.333. The largest absolute Gasteiger partial charge is 0.468 e. The van der Waals surface area contributed by atoms with Gasteiger partial charge in [0.05, 0.1) is 12.1 Å². The van der Waals surface area contributed by atoms with E-state index in [9.17, 15) is 4.39 Å². The smallest absolute Gasteiger partial charge is 0.232 e. The van der Waals surface area contributed by atoms with Crippen molar-refractivity contribution in [3.63, 3.8) is 0 Å². The average Bonchev–Trinajstić information content (AvgIpc) is 3.00. The zero-order valence-corrected chi connectivity index (χ0v) is 16.2. The van der Waals surface area contributed by atoms with Crippen LogP contribution in [-0.4, -0.2) is 31.4 Å². The first-order chi connectivity index (χ1) is 10.2. The summed E-state index contributed by atoms with van der Waals surface area (Å²) in [6.07, 6.45) is 1.57. The number of hydrogen-bond donors (Lipinski definition) is 0. The van der Waals surface area contributed by atoms with E-state index < -0.39 is 5.79 Å². The average molecular weight is 504 g/mol. The Morgan fingerprint density at radius 1 is 1.52 bits per heavy atom. The van der Waals surface area contributed by atoms with Crippen LogP contribution in [0.15, 0.2) is 22.8 Å². The lowest BCUT2D eigenvalue weighted by atomic mass is 10.3. The highest BCUT2D eigenvalue weighted by molar-refractivity contribution is 14.1. The van der Waals surface area contributed by atoms with Crippen molar-refractivity contribution in [2.24, 2.45) is 0 Å². The molecule has 2 aromatic rings. The minimum Gasteiger partial charge on any atom is -0.468 e. The maximum absolute atomic E-state index is 13.7. The summed E-state index contributed by atoms with van der Waals surface area (Å²) in [7, 11) is -0.137. The van der Waals surface area contributed by atoms with Crippen LogP contribution in [-0.2, 0) is 11.9 Å². The summed E-state index contributed by atoms with van der Waals surface area (Å²) in [5.74, 6) is -0.196. The third kappa shape index (κ3) is 4.64. The minimum absolute atomic E-state index is 0.0588. The van der Waals surface area contributed by atoms with Crippen LogP contribution in [0.25, 0.3) is 0 Å². The Labute approximate surface area is 150 Å². The van der Waals surface area contributed by atoms with Crippen molar-refractivity contribution in [3.05, 3.63) is 33.4 Å². The number of rotatable bonds is 7. The molecular weight excluding hydrogens is 493 g/mol. The molecule has 21 heavy (non-hydrogen) atoms. The van der Waals surface area contributed by atoms with Crippen molar-refractivity contribution in [1.82, 2.24) is 10.2 Å². The molecule has 2 rings (SSSR count). The molecule has 0 aromatic carbocycles. The van der Waals surface area contributed by atoms with Crippen LogP contribution in [0.3, 0.4) is 0 Å². The Kier molecular flexibility index (Phi) is 6.90. The van der Waals surface area contributed by atoms with Gasteiger partial charge < -0.3 is 9.15 Å². The summed E-state index contributed by atoms with van der Waals surface area (Å²) in [5, 5.41) is 9.34. The van der Waals surface area contributed by atoms with Gasteiger partial charge >= 0.3 is 0 Å². The lowest BCUT2D eigenvalue weighted by Gasteiger charge is -2.14. The van der Waals surface area contributed by atoms with Crippen LogP contribution in [0, 0.1) is 3.70 Å². The summed E-state index contributed by atoms with van der Waals surface area (Å²) in [6.45, 7) is 0.222. The van der Waals surface area contributed by atoms with Gasteiger partial charge in [-0.3, -0.25) is 4.39 Å². The fourth-order valence-corrected chi connectivity index (χ4v) is 4.93. The van der Waals surface area contributed by atoms with Crippen molar-refractivity contribution >= 4 is 64.8 Å². The molecule has 0 aliphatic carbocycles. The van der Waals surface area contributed by atoms with E-state index in [1.165, 1.54) is 0 Å². The van der Waals surface area contributed by atoms with Crippen LogP contribution in [0.2, 0.25) is 0 Å². The van der Waals surface area contributed by atoms with Gasteiger partial charge in [0.25, 0.3) is 0 Å². The fourth-order valence-electron chi connectivity index (χ4n) is 1.53. The summed E-state index contributed by atoms with van der Waals surface area (Å²) in [4.78, 5) is 0. The Hall–Kier alpha value is -0.193. The van der Waals surface area contributed by atoms with E-state index in [0.29, 0.717) is 22.2 Å². The molecule has 4 nitrogen and oxygen atoms in total. The summed E-state index contributed by atoms with van der Waals surface area (Å²) >= 11 is 11.0. The molecule has 112 valence electrons. The second-order valence-corrected chi connectivity index (χ2v) is 7.22. The zero-order chi connectivity index (χ0) is 15.2. The second kappa shape index (κ2) is 8.44. The topological polar surface area (TPSA) is 48.2 Å². The van der Waals surface area contributed by atoms with E-state index in [-0.39, 0.29) is 22.0 Å². The Balaban J connectivity index is 2.25. The number of ether oxygens (including phenoxy) is 1. The molecule has 0 saturated carbocycles. The van der Waals surface area contributed by atoms with E-state index in [2.05, 4.69) is 48.7 Å². The Morgan fingerprint density at radius 2 is 2.33 bits per heavy atom. The lowest BCUT2D eigenvalue weighted by molar-refractivity contribution is 0.259. The first kappa shape index (κ1) is 17.2. The standard InChI is InChI=1S/C12H10BrClFIN2O2Si/c13-4-8-10(21-9(15)5-14)12(18-17-11(8)16)20-6-7-2-1-3-19-7/h1-3,9H,4-6H2. The van der Waals surface area contributed by atoms with Gasteiger partial charge in [-0.05, 0) is 34.7 Å². The highest BCUT2D eigenvalue weighted by Gasteiger charge is 2.20. The van der Waals surface area contributed by atoms with E-state index in [0.717, 1.165) is 9.26 Å². The molecule has 0 aliphatic heterocycles. The lowest BCUT2D eigenvalue weighted by Crippen LogP contribution is -2.32. The molecule has 0 fully saturated rings. The molecule has 2 heterocycles. The number of hydrogen-bond acceptors (Lipinski definition) is 4. The predicted molar refractivity (Wildman–Crippen MR) is 91.4 cm³/mol. The van der Waals surface area contributed by atoms with Gasteiger partial charge in [-0.2, -0.15) is 0 Å². The van der Waals surface area contributed by atoms with Crippen LogP contribution in [0.5, 0.6) is 5.88 Å². The molecule has 2 aromatic heterocycles. The number of aromatic nitrogens is 2. The van der Waals surface area contributed by atoms with Gasteiger partial charge in [0.15, 0.2) is 0 Å². The van der Waals surface area contributed by atoms with Crippen molar-refractivity contribution < 1.29 is 13.5 Å². The highest BCUT2D eigenvalue weighted by atomic mass is 127. The third-order valence-corrected chi connectivity index (χ3v) is 5.77. The number of nitrogens with zero attached hydrogens (tertiary/aromatic N) is 2. The molecule has 0 bridgehead atoms. The maximum atomic E-state index is 13.7. The van der Waals surface area contributed by atoms with Gasteiger partial charge in [0.1, 0.15) is 31.4 Å². The van der Waals surface area contributed by atoms with E-state index in [1.807, 2.05) is 0 Å². The first-order valence-corrected chi connectivity index (χ1v) is 9.69. The molecule has 1 unspecified atom stereocenters. The van der Waals surface area contributed by atoms with E-state index >= 15 is 0 Å². The predicted octanol–water partition coefficient (Wildman–Crippen LogP) is 3.01. The van der Waals surface area contributed by atoms with Gasteiger partial charge in [-0.1, -0.05) is 15.9 Å². The van der Waals surface area contributed by atoms with Crippen LogP contribution < -0.4 is 9.92 Å². The quantitative estimate of drug-likeness (QED) is 0.331. The maximum Gasteiger partial charge on any atom is 0.232 e. The molecule has 0 N–H and O–H groups in total. The molecule has 9 heteroatoms. The van der Waals surface area contributed by atoms with Gasteiger partial charge in [-0.25, -0.2) is 0 Å². The highest BCUT2D eigenvalue weighted by Crippen LogP contribution is 2.16. The molecule has 1 atom stereocenters.